The molecule has 2 heterocycles. The normalized spacial score (nSPS) is 28.3. The standard InChI is InChI=1S/C16H18N2O/c19-16(9-6-12-4-2-1-3-5-12)18-15-10-13-7-8-14(11-15)17-13/h1-5,13-15,17H,7-8,10-11H2,(H,18,19). The number of hydrogen-bond acceptors (Lipinski definition) is 2. The summed E-state index contributed by atoms with van der Waals surface area (Å²) < 4.78 is 0. The molecule has 0 spiro atoms. The van der Waals surface area contributed by atoms with Crippen molar-refractivity contribution in [3.05, 3.63) is 35.9 Å². The number of piperidine rings is 1. The van der Waals surface area contributed by atoms with Crippen LogP contribution in [0.4, 0.5) is 0 Å². The molecule has 1 amide bonds. The molecule has 3 heteroatoms. The van der Waals surface area contributed by atoms with E-state index in [0.29, 0.717) is 12.1 Å². The van der Waals surface area contributed by atoms with Gasteiger partial charge in [0.25, 0.3) is 5.91 Å². The minimum absolute atomic E-state index is 0.157. The Labute approximate surface area is 113 Å². The zero-order valence-electron chi connectivity index (χ0n) is 10.9. The molecule has 98 valence electrons. The molecule has 0 aliphatic carbocycles. The first-order valence-corrected chi connectivity index (χ1v) is 6.93. The second kappa shape index (κ2) is 5.46. The van der Waals surface area contributed by atoms with Crippen molar-refractivity contribution in [2.45, 2.75) is 43.8 Å². The molecule has 2 aliphatic rings. The van der Waals surface area contributed by atoms with Crippen LogP contribution in [0.3, 0.4) is 0 Å². The van der Waals surface area contributed by atoms with Gasteiger partial charge >= 0.3 is 0 Å². The molecule has 2 N–H and O–H groups in total. The van der Waals surface area contributed by atoms with Crippen molar-refractivity contribution < 1.29 is 4.79 Å². The summed E-state index contributed by atoms with van der Waals surface area (Å²) >= 11 is 0. The van der Waals surface area contributed by atoms with Gasteiger partial charge in [0.15, 0.2) is 0 Å². The van der Waals surface area contributed by atoms with Gasteiger partial charge in [-0.15, -0.1) is 0 Å². The molecular weight excluding hydrogens is 236 g/mol. The molecular formula is C16H18N2O. The molecule has 0 saturated carbocycles. The molecule has 0 aromatic heterocycles. The van der Waals surface area contributed by atoms with E-state index in [-0.39, 0.29) is 11.9 Å². The average molecular weight is 254 g/mol. The topological polar surface area (TPSA) is 41.1 Å². The predicted molar refractivity (Wildman–Crippen MR) is 74.4 cm³/mol. The zero-order chi connectivity index (χ0) is 13.1. The lowest BCUT2D eigenvalue weighted by molar-refractivity contribution is -0.116. The van der Waals surface area contributed by atoms with E-state index in [9.17, 15) is 4.79 Å². The summed E-state index contributed by atoms with van der Waals surface area (Å²) in [5.74, 6) is 5.41. The lowest BCUT2D eigenvalue weighted by Gasteiger charge is -2.29. The first kappa shape index (κ1) is 12.3. The number of rotatable bonds is 1. The lowest BCUT2D eigenvalue weighted by Crippen LogP contribution is -2.47. The summed E-state index contributed by atoms with van der Waals surface area (Å²) in [6.45, 7) is 0. The van der Waals surface area contributed by atoms with E-state index in [1.165, 1.54) is 12.8 Å². The molecule has 3 nitrogen and oxygen atoms in total. The molecule has 19 heavy (non-hydrogen) atoms. The molecule has 2 saturated heterocycles. The van der Waals surface area contributed by atoms with Gasteiger partial charge in [-0.1, -0.05) is 24.1 Å². The maximum absolute atomic E-state index is 11.8. The highest BCUT2D eigenvalue weighted by molar-refractivity contribution is 5.94. The Morgan fingerprint density at radius 1 is 1.16 bits per heavy atom. The highest BCUT2D eigenvalue weighted by atomic mass is 16.1. The van der Waals surface area contributed by atoms with Crippen molar-refractivity contribution in [2.75, 3.05) is 0 Å². The minimum Gasteiger partial charge on any atom is -0.342 e. The van der Waals surface area contributed by atoms with Crippen LogP contribution < -0.4 is 10.6 Å². The number of fused-ring (bicyclic) bond motifs is 2. The van der Waals surface area contributed by atoms with E-state index < -0.39 is 0 Å². The van der Waals surface area contributed by atoms with E-state index in [2.05, 4.69) is 22.5 Å². The van der Waals surface area contributed by atoms with Gasteiger partial charge in [-0.3, -0.25) is 4.79 Å². The van der Waals surface area contributed by atoms with Crippen molar-refractivity contribution in [3.63, 3.8) is 0 Å². The Morgan fingerprint density at radius 2 is 1.84 bits per heavy atom. The summed E-state index contributed by atoms with van der Waals surface area (Å²) in [5.41, 5.74) is 0.878. The molecule has 1 aromatic rings. The number of benzene rings is 1. The third-order valence-electron chi connectivity index (χ3n) is 3.90. The van der Waals surface area contributed by atoms with Crippen LogP contribution in [0.15, 0.2) is 30.3 Å². The molecule has 2 bridgehead atoms. The van der Waals surface area contributed by atoms with Crippen molar-refractivity contribution in [1.82, 2.24) is 10.6 Å². The molecule has 2 aliphatic heterocycles. The third-order valence-corrected chi connectivity index (χ3v) is 3.90. The number of carbonyl (C=O) groups excluding carboxylic acids is 1. The van der Waals surface area contributed by atoms with E-state index in [0.717, 1.165) is 18.4 Å². The lowest BCUT2D eigenvalue weighted by atomic mass is 10.00. The van der Waals surface area contributed by atoms with Gasteiger partial charge in [-0.05, 0) is 37.8 Å². The molecule has 1 aromatic carbocycles. The maximum atomic E-state index is 11.8. The van der Waals surface area contributed by atoms with Crippen LogP contribution in [-0.4, -0.2) is 24.0 Å². The van der Waals surface area contributed by atoms with Gasteiger partial charge in [0.05, 0.1) is 0 Å². The maximum Gasteiger partial charge on any atom is 0.296 e. The van der Waals surface area contributed by atoms with Crippen LogP contribution in [0.1, 0.15) is 31.2 Å². The van der Waals surface area contributed by atoms with Crippen molar-refractivity contribution in [3.8, 4) is 11.8 Å². The number of hydrogen-bond donors (Lipinski definition) is 2. The van der Waals surface area contributed by atoms with Crippen molar-refractivity contribution in [1.29, 1.82) is 0 Å². The fourth-order valence-corrected chi connectivity index (χ4v) is 3.05. The van der Waals surface area contributed by atoms with E-state index in [4.69, 9.17) is 0 Å². The van der Waals surface area contributed by atoms with E-state index in [1.807, 2.05) is 30.3 Å². The van der Waals surface area contributed by atoms with Crippen LogP contribution in [0.2, 0.25) is 0 Å². The van der Waals surface area contributed by atoms with Crippen LogP contribution in [0.25, 0.3) is 0 Å². The Hall–Kier alpha value is -1.79. The summed E-state index contributed by atoms with van der Waals surface area (Å²) in [4.78, 5) is 11.8. The number of amides is 1. The fraction of sp³-hybridized carbons (Fsp3) is 0.438. The zero-order valence-corrected chi connectivity index (χ0v) is 10.9. The van der Waals surface area contributed by atoms with E-state index >= 15 is 0 Å². The highest BCUT2D eigenvalue weighted by Crippen LogP contribution is 2.26. The van der Waals surface area contributed by atoms with Gasteiger partial charge in [0, 0.05) is 29.6 Å². The van der Waals surface area contributed by atoms with Crippen LogP contribution in [-0.2, 0) is 4.79 Å². The monoisotopic (exact) mass is 254 g/mol. The summed E-state index contributed by atoms with van der Waals surface area (Å²) in [7, 11) is 0. The minimum atomic E-state index is -0.157. The van der Waals surface area contributed by atoms with Crippen LogP contribution in [0, 0.1) is 11.8 Å². The van der Waals surface area contributed by atoms with Crippen LogP contribution in [0.5, 0.6) is 0 Å². The SMILES string of the molecule is O=C(C#Cc1ccccc1)NC1CC2CCC(C1)N2. The van der Waals surface area contributed by atoms with Crippen LogP contribution >= 0.6 is 0 Å². The fourth-order valence-electron chi connectivity index (χ4n) is 3.05. The molecule has 2 atom stereocenters. The first-order chi connectivity index (χ1) is 9.29. The molecule has 2 fully saturated rings. The average Bonchev–Trinajstić information content (AvgIpc) is 2.77. The first-order valence-electron chi connectivity index (χ1n) is 6.93. The summed E-state index contributed by atoms with van der Waals surface area (Å²) in [6, 6.07) is 11.1. The van der Waals surface area contributed by atoms with Gasteiger partial charge in [0.1, 0.15) is 0 Å². The quantitative estimate of drug-likeness (QED) is 0.745. The van der Waals surface area contributed by atoms with Gasteiger partial charge < -0.3 is 10.6 Å². The Bertz CT molecular complexity index is 503. The van der Waals surface area contributed by atoms with Gasteiger partial charge in [0.2, 0.25) is 0 Å². The number of nitrogens with one attached hydrogen (secondary N) is 2. The Kier molecular flexibility index (Phi) is 3.52. The third kappa shape index (κ3) is 3.15. The van der Waals surface area contributed by atoms with E-state index in [1.54, 1.807) is 0 Å². The Balaban J connectivity index is 1.56. The van der Waals surface area contributed by atoms with Gasteiger partial charge in [-0.25, -0.2) is 0 Å². The predicted octanol–water partition coefficient (Wildman–Crippen LogP) is 1.44. The summed E-state index contributed by atoms with van der Waals surface area (Å²) in [5, 5.41) is 6.60. The smallest absolute Gasteiger partial charge is 0.296 e. The van der Waals surface area contributed by atoms with Gasteiger partial charge in [-0.2, -0.15) is 0 Å². The van der Waals surface area contributed by atoms with Crippen molar-refractivity contribution in [2.24, 2.45) is 0 Å². The molecule has 2 unspecified atom stereocenters. The highest BCUT2D eigenvalue weighted by Gasteiger charge is 2.33. The van der Waals surface area contributed by atoms with Crippen molar-refractivity contribution >= 4 is 5.91 Å². The largest absolute Gasteiger partial charge is 0.342 e. The Morgan fingerprint density at radius 3 is 2.53 bits per heavy atom. The number of carbonyl (C=O) groups is 1. The summed E-state index contributed by atoms with van der Waals surface area (Å²) in [6.07, 6.45) is 4.56. The molecule has 3 rings (SSSR count). The second-order valence-corrected chi connectivity index (χ2v) is 5.40. The molecule has 0 radical (unpaired) electrons. The second-order valence-electron chi connectivity index (χ2n) is 5.40.